The number of benzene rings is 1. The van der Waals surface area contributed by atoms with Gasteiger partial charge in [0.25, 0.3) is 5.91 Å². The zero-order chi connectivity index (χ0) is 14.1. The van der Waals surface area contributed by atoms with Crippen LogP contribution in [-0.2, 0) is 0 Å². The second kappa shape index (κ2) is 5.12. The summed E-state index contributed by atoms with van der Waals surface area (Å²) in [7, 11) is 1.63. The molecule has 1 amide bonds. The molecule has 1 N–H and O–H groups in total. The Balaban J connectivity index is 1.90. The largest absolute Gasteiger partial charge is 0.497 e. The van der Waals surface area contributed by atoms with Crippen LogP contribution in [0.4, 0.5) is 0 Å². The first-order valence-electron chi connectivity index (χ1n) is 6.91. The minimum absolute atomic E-state index is 0.0281. The molecule has 2 aromatic rings. The Morgan fingerprint density at radius 1 is 1.40 bits per heavy atom. The van der Waals surface area contributed by atoms with Crippen molar-refractivity contribution in [2.75, 3.05) is 13.7 Å². The van der Waals surface area contributed by atoms with Gasteiger partial charge in [-0.25, -0.2) is 0 Å². The van der Waals surface area contributed by atoms with Gasteiger partial charge in [-0.3, -0.25) is 9.78 Å². The van der Waals surface area contributed by atoms with Gasteiger partial charge >= 0.3 is 0 Å². The number of ether oxygens (including phenoxy) is 1. The highest BCUT2D eigenvalue weighted by molar-refractivity contribution is 5.98. The normalized spacial score (nSPS) is 14.3. The van der Waals surface area contributed by atoms with Crippen LogP contribution in [0.15, 0.2) is 24.3 Å². The Morgan fingerprint density at radius 2 is 2.20 bits per heavy atom. The third kappa shape index (κ3) is 2.59. The van der Waals surface area contributed by atoms with Gasteiger partial charge in [0, 0.05) is 18.0 Å². The Bertz CT molecular complexity index is 663. The van der Waals surface area contributed by atoms with E-state index in [1.54, 1.807) is 7.11 Å². The van der Waals surface area contributed by atoms with Crippen LogP contribution < -0.4 is 10.1 Å². The second-order valence-electron chi connectivity index (χ2n) is 5.33. The predicted molar refractivity (Wildman–Crippen MR) is 78.1 cm³/mol. The van der Waals surface area contributed by atoms with Crippen LogP contribution in [0.5, 0.6) is 5.75 Å². The molecular formula is C16H18N2O2. The van der Waals surface area contributed by atoms with Gasteiger partial charge in [-0.1, -0.05) is 0 Å². The number of aryl methyl sites for hydroxylation is 1. The maximum Gasteiger partial charge on any atom is 0.253 e. The van der Waals surface area contributed by atoms with E-state index in [0.29, 0.717) is 11.5 Å². The average molecular weight is 270 g/mol. The van der Waals surface area contributed by atoms with E-state index < -0.39 is 0 Å². The first-order valence-corrected chi connectivity index (χ1v) is 6.91. The monoisotopic (exact) mass is 270 g/mol. The number of amides is 1. The van der Waals surface area contributed by atoms with Gasteiger partial charge in [-0.15, -0.1) is 0 Å². The molecule has 3 rings (SSSR count). The van der Waals surface area contributed by atoms with Gasteiger partial charge in [0.1, 0.15) is 5.75 Å². The smallest absolute Gasteiger partial charge is 0.253 e. The molecule has 1 aromatic heterocycles. The average Bonchev–Trinajstić information content (AvgIpc) is 3.27. The van der Waals surface area contributed by atoms with Crippen molar-refractivity contribution in [2.45, 2.75) is 19.8 Å². The predicted octanol–water partition coefficient (Wildman–Crippen LogP) is 2.69. The lowest BCUT2D eigenvalue weighted by Crippen LogP contribution is -2.26. The molecule has 1 saturated carbocycles. The summed E-state index contributed by atoms with van der Waals surface area (Å²) in [6.07, 6.45) is 2.46. The molecule has 1 heterocycles. The number of nitrogens with one attached hydrogen (secondary N) is 1. The molecule has 1 aliphatic rings. The Labute approximate surface area is 118 Å². The minimum Gasteiger partial charge on any atom is -0.497 e. The second-order valence-corrected chi connectivity index (χ2v) is 5.33. The van der Waals surface area contributed by atoms with E-state index in [1.165, 1.54) is 12.8 Å². The number of hydrogen-bond acceptors (Lipinski definition) is 3. The highest BCUT2D eigenvalue weighted by Gasteiger charge is 2.22. The maximum absolute atomic E-state index is 12.2. The van der Waals surface area contributed by atoms with Gasteiger partial charge in [0.2, 0.25) is 0 Å². The van der Waals surface area contributed by atoms with Crippen LogP contribution in [0.25, 0.3) is 10.9 Å². The van der Waals surface area contributed by atoms with Gasteiger partial charge in [-0.2, -0.15) is 0 Å². The van der Waals surface area contributed by atoms with Crippen molar-refractivity contribution in [1.29, 1.82) is 0 Å². The number of carbonyl (C=O) groups is 1. The standard InChI is InChI=1S/C16H18N2O2/c1-10-14(16(19)17-9-11-3-4-11)7-12-5-6-13(20-2)8-15(12)18-10/h5-8,11H,3-4,9H2,1-2H3,(H,17,19). The van der Waals surface area contributed by atoms with Crippen LogP contribution in [0.2, 0.25) is 0 Å². The fourth-order valence-corrected chi connectivity index (χ4v) is 2.25. The number of rotatable bonds is 4. The molecule has 104 valence electrons. The van der Waals surface area contributed by atoms with E-state index in [2.05, 4.69) is 10.3 Å². The number of aromatic nitrogens is 1. The van der Waals surface area contributed by atoms with Crippen LogP contribution in [0.1, 0.15) is 28.9 Å². The molecule has 4 heteroatoms. The summed E-state index contributed by atoms with van der Waals surface area (Å²) in [5.41, 5.74) is 2.25. The molecule has 4 nitrogen and oxygen atoms in total. The Kier molecular flexibility index (Phi) is 3.30. The van der Waals surface area contributed by atoms with E-state index in [1.807, 2.05) is 31.2 Å². The quantitative estimate of drug-likeness (QED) is 0.929. The summed E-state index contributed by atoms with van der Waals surface area (Å²) in [6.45, 7) is 2.64. The first-order chi connectivity index (χ1) is 9.67. The molecule has 0 aliphatic heterocycles. The fourth-order valence-electron chi connectivity index (χ4n) is 2.25. The zero-order valence-electron chi connectivity index (χ0n) is 11.8. The lowest BCUT2D eigenvalue weighted by Gasteiger charge is -2.09. The molecule has 20 heavy (non-hydrogen) atoms. The molecule has 1 aromatic carbocycles. The lowest BCUT2D eigenvalue weighted by molar-refractivity contribution is 0.0951. The van der Waals surface area contributed by atoms with E-state index in [4.69, 9.17) is 4.74 Å². The van der Waals surface area contributed by atoms with Crippen molar-refractivity contribution in [3.63, 3.8) is 0 Å². The molecule has 0 saturated heterocycles. The summed E-state index contributed by atoms with van der Waals surface area (Å²) in [6, 6.07) is 7.59. The van der Waals surface area contributed by atoms with E-state index >= 15 is 0 Å². The molecule has 0 spiro atoms. The molecule has 1 fully saturated rings. The van der Waals surface area contributed by atoms with Crippen molar-refractivity contribution in [2.24, 2.45) is 5.92 Å². The fraction of sp³-hybridized carbons (Fsp3) is 0.375. The minimum atomic E-state index is -0.0281. The zero-order valence-corrected chi connectivity index (χ0v) is 11.8. The van der Waals surface area contributed by atoms with Crippen molar-refractivity contribution in [1.82, 2.24) is 10.3 Å². The summed E-state index contributed by atoms with van der Waals surface area (Å²) in [5, 5.41) is 3.94. The van der Waals surface area contributed by atoms with Gasteiger partial charge in [0.15, 0.2) is 0 Å². The lowest BCUT2D eigenvalue weighted by atomic mass is 10.1. The van der Waals surface area contributed by atoms with E-state index in [0.717, 1.165) is 28.9 Å². The molecule has 0 bridgehead atoms. The summed E-state index contributed by atoms with van der Waals surface area (Å²) >= 11 is 0. The highest BCUT2D eigenvalue weighted by atomic mass is 16.5. The van der Waals surface area contributed by atoms with Crippen molar-refractivity contribution >= 4 is 16.8 Å². The van der Waals surface area contributed by atoms with Crippen LogP contribution in [0, 0.1) is 12.8 Å². The van der Waals surface area contributed by atoms with Crippen LogP contribution in [-0.4, -0.2) is 24.5 Å². The van der Waals surface area contributed by atoms with Crippen molar-refractivity contribution in [3.8, 4) is 5.75 Å². The molecule has 1 aliphatic carbocycles. The van der Waals surface area contributed by atoms with Crippen molar-refractivity contribution in [3.05, 3.63) is 35.5 Å². The van der Waals surface area contributed by atoms with Crippen molar-refractivity contribution < 1.29 is 9.53 Å². The number of carbonyl (C=O) groups excluding carboxylic acids is 1. The molecular weight excluding hydrogens is 252 g/mol. The summed E-state index contributed by atoms with van der Waals surface area (Å²) < 4.78 is 5.19. The van der Waals surface area contributed by atoms with Gasteiger partial charge in [-0.05, 0) is 43.9 Å². The first kappa shape index (κ1) is 12.9. The number of nitrogens with zero attached hydrogens (tertiary/aromatic N) is 1. The van der Waals surface area contributed by atoms with Crippen LogP contribution >= 0.6 is 0 Å². The maximum atomic E-state index is 12.2. The third-order valence-corrected chi connectivity index (χ3v) is 3.71. The Hall–Kier alpha value is -2.10. The highest BCUT2D eigenvalue weighted by Crippen LogP contribution is 2.28. The number of pyridine rings is 1. The third-order valence-electron chi connectivity index (χ3n) is 3.71. The van der Waals surface area contributed by atoms with E-state index in [9.17, 15) is 4.79 Å². The Morgan fingerprint density at radius 3 is 2.90 bits per heavy atom. The number of hydrogen-bond donors (Lipinski definition) is 1. The van der Waals surface area contributed by atoms with Crippen LogP contribution in [0.3, 0.4) is 0 Å². The summed E-state index contributed by atoms with van der Waals surface area (Å²) in [4.78, 5) is 16.7. The number of methoxy groups -OCH3 is 1. The molecule has 0 radical (unpaired) electrons. The summed E-state index contributed by atoms with van der Waals surface area (Å²) in [5.74, 6) is 1.42. The SMILES string of the molecule is COc1ccc2cc(C(=O)NCC3CC3)c(C)nc2c1. The van der Waals surface area contributed by atoms with Gasteiger partial charge in [0.05, 0.1) is 23.9 Å². The topological polar surface area (TPSA) is 51.2 Å². The van der Waals surface area contributed by atoms with Gasteiger partial charge < -0.3 is 10.1 Å². The van der Waals surface area contributed by atoms with E-state index in [-0.39, 0.29) is 5.91 Å². The number of fused-ring (bicyclic) bond motifs is 1. The molecule has 0 atom stereocenters. The molecule has 0 unspecified atom stereocenters.